The normalized spacial score (nSPS) is 25.9. The summed E-state index contributed by atoms with van der Waals surface area (Å²) >= 11 is 0. The van der Waals surface area contributed by atoms with Gasteiger partial charge in [-0.2, -0.15) is 0 Å². The van der Waals surface area contributed by atoms with Gasteiger partial charge in [0.05, 0.1) is 11.7 Å². The summed E-state index contributed by atoms with van der Waals surface area (Å²) in [7, 11) is 0. The smallest absolute Gasteiger partial charge is 0.0631 e. The highest BCUT2D eigenvalue weighted by molar-refractivity contribution is 5.15. The molecule has 2 unspecified atom stereocenters. The molecule has 1 aliphatic carbocycles. The number of hydrogen-bond acceptors (Lipinski definition) is 2. The molecule has 1 N–H and O–H groups in total. The molecule has 2 aliphatic rings. The lowest BCUT2D eigenvalue weighted by Gasteiger charge is -2.24. The second-order valence-electron chi connectivity index (χ2n) is 7.51. The minimum absolute atomic E-state index is 0.0892. The number of rotatable bonds is 7. The van der Waals surface area contributed by atoms with Crippen LogP contribution in [0.15, 0.2) is 30.3 Å². The average Bonchev–Trinajstić information content (AvgIpc) is 3.22. The lowest BCUT2D eigenvalue weighted by atomic mass is 9.92. The van der Waals surface area contributed by atoms with Gasteiger partial charge in [0.25, 0.3) is 0 Å². The molecule has 116 valence electrons. The van der Waals surface area contributed by atoms with Crippen LogP contribution in [0.5, 0.6) is 0 Å². The van der Waals surface area contributed by atoms with Crippen molar-refractivity contribution in [1.82, 2.24) is 5.32 Å². The highest BCUT2D eigenvalue weighted by Gasteiger charge is 2.33. The largest absolute Gasteiger partial charge is 0.372 e. The van der Waals surface area contributed by atoms with E-state index in [1.54, 1.807) is 0 Å². The quantitative estimate of drug-likeness (QED) is 0.820. The summed E-state index contributed by atoms with van der Waals surface area (Å²) in [5.41, 5.74) is 1.55. The summed E-state index contributed by atoms with van der Waals surface area (Å²) in [5.74, 6) is 0.687. The first-order valence-electron chi connectivity index (χ1n) is 8.56. The molecule has 1 saturated carbocycles. The molecule has 3 rings (SSSR count). The molecule has 2 heteroatoms. The van der Waals surface area contributed by atoms with Gasteiger partial charge in [0.2, 0.25) is 0 Å². The number of ether oxygens (including phenoxy) is 1. The molecule has 0 amide bonds. The van der Waals surface area contributed by atoms with Gasteiger partial charge in [-0.1, -0.05) is 30.3 Å². The molecule has 1 heterocycles. The van der Waals surface area contributed by atoms with E-state index in [9.17, 15) is 0 Å². The molecule has 0 aromatic heterocycles. The molecule has 0 spiro atoms. The van der Waals surface area contributed by atoms with Gasteiger partial charge >= 0.3 is 0 Å². The van der Waals surface area contributed by atoms with Crippen LogP contribution in [-0.2, 0) is 11.2 Å². The van der Waals surface area contributed by atoms with Crippen molar-refractivity contribution in [3.05, 3.63) is 35.9 Å². The summed E-state index contributed by atoms with van der Waals surface area (Å²) in [6.07, 6.45) is 7.97. The number of benzene rings is 1. The standard InChI is InChI=1S/C19H29NO/c1-19(2)11-10-18(21-19)13-16(14-20-17-8-9-17)12-15-6-4-3-5-7-15/h3-7,16-18,20H,8-14H2,1-2H3. The van der Waals surface area contributed by atoms with Crippen molar-refractivity contribution in [3.8, 4) is 0 Å². The SMILES string of the molecule is CC1(C)CCC(CC(CNC2CC2)Cc2ccccc2)O1. The second kappa shape index (κ2) is 6.50. The molecule has 0 radical (unpaired) electrons. The predicted molar refractivity (Wildman–Crippen MR) is 87.5 cm³/mol. The highest BCUT2D eigenvalue weighted by Crippen LogP contribution is 2.33. The van der Waals surface area contributed by atoms with Gasteiger partial charge in [-0.3, -0.25) is 0 Å². The Balaban J connectivity index is 1.55. The third kappa shape index (κ3) is 4.82. The van der Waals surface area contributed by atoms with E-state index in [0.29, 0.717) is 12.0 Å². The van der Waals surface area contributed by atoms with Gasteiger partial charge in [0, 0.05) is 6.04 Å². The zero-order valence-corrected chi connectivity index (χ0v) is 13.5. The van der Waals surface area contributed by atoms with Crippen molar-refractivity contribution in [2.45, 2.75) is 70.1 Å². The van der Waals surface area contributed by atoms with E-state index in [-0.39, 0.29) is 5.60 Å². The molecule has 2 atom stereocenters. The molecule has 2 nitrogen and oxygen atoms in total. The van der Waals surface area contributed by atoms with E-state index in [4.69, 9.17) is 4.74 Å². The molecule has 21 heavy (non-hydrogen) atoms. The first-order valence-corrected chi connectivity index (χ1v) is 8.56. The summed E-state index contributed by atoms with van der Waals surface area (Å²) < 4.78 is 6.21. The van der Waals surface area contributed by atoms with E-state index < -0.39 is 0 Å². The van der Waals surface area contributed by atoms with Crippen LogP contribution in [-0.4, -0.2) is 24.3 Å². The summed E-state index contributed by atoms with van der Waals surface area (Å²) in [6.45, 7) is 5.59. The average molecular weight is 287 g/mol. The van der Waals surface area contributed by atoms with E-state index >= 15 is 0 Å². The maximum Gasteiger partial charge on any atom is 0.0631 e. The lowest BCUT2D eigenvalue weighted by Crippen LogP contribution is -2.29. The Kier molecular flexibility index (Phi) is 4.66. The predicted octanol–water partition coefficient (Wildman–Crippen LogP) is 3.95. The van der Waals surface area contributed by atoms with Gasteiger partial charge in [0.1, 0.15) is 0 Å². The van der Waals surface area contributed by atoms with Gasteiger partial charge in [-0.15, -0.1) is 0 Å². The maximum atomic E-state index is 6.21. The van der Waals surface area contributed by atoms with Gasteiger partial charge in [-0.25, -0.2) is 0 Å². The van der Waals surface area contributed by atoms with Crippen LogP contribution in [0.1, 0.15) is 51.5 Å². The highest BCUT2D eigenvalue weighted by atomic mass is 16.5. The fraction of sp³-hybridized carbons (Fsp3) is 0.684. The molecule has 1 aromatic rings. The minimum atomic E-state index is 0.0892. The molecule has 1 aromatic carbocycles. The monoisotopic (exact) mass is 287 g/mol. The zero-order chi connectivity index (χ0) is 14.7. The Bertz CT molecular complexity index is 438. The topological polar surface area (TPSA) is 21.3 Å². The fourth-order valence-corrected chi connectivity index (χ4v) is 3.42. The zero-order valence-electron chi connectivity index (χ0n) is 13.5. The Hall–Kier alpha value is -0.860. The third-order valence-corrected chi connectivity index (χ3v) is 4.79. The van der Waals surface area contributed by atoms with Crippen molar-refractivity contribution < 1.29 is 4.74 Å². The fourth-order valence-electron chi connectivity index (χ4n) is 3.42. The molecule has 0 bridgehead atoms. The molecule has 1 aliphatic heterocycles. The maximum absolute atomic E-state index is 6.21. The van der Waals surface area contributed by atoms with Crippen LogP contribution >= 0.6 is 0 Å². The summed E-state index contributed by atoms with van der Waals surface area (Å²) in [4.78, 5) is 0. The molecule has 1 saturated heterocycles. The second-order valence-corrected chi connectivity index (χ2v) is 7.51. The van der Waals surface area contributed by atoms with Crippen molar-refractivity contribution >= 4 is 0 Å². The first-order chi connectivity index (χ1) is 10.1. The van der Waals surface area contributed by atoms with Gasteiger partial charge < -0.3 is 10.1 Å². The molecule has 2 fully saturated rings. The van der Waals surface area contributed by atoms with Gasteiger partial charge in [-0.05, 0) is 70.4 Å². The Labute approximate surface area is 129 Å². The Morgan fingerprint density at radius 1 is 1.19 bits per heavy atom. The van der Waals surface area contributed by atoms with Gasteiger partial charge in [0.15, 0.2) is 0 Å². The Morgan fingerprint density at radius 2 is 1.95 bits per heavy atom. The minimum Gasteiger partial charge on any atom is -0.372 e. The van der Waals surface area contributed by atoms with Crippen LogP contribution in [0.25, 0.3) is 0 Å². The van der Waals surface area contributed by atoms with E-state index in [0.717, 1.165) is 12.6 Å². The third-order valence-electron chi connectivity index (χ3n) is 4.79. The van der Waals surface area contributed by atoms with Crippen LogP contribution in [0.2, 0.25) is 0 Å². The van der Waals surface area contributed by atoms with Crippen LogP contribution < -0.4 is 5.32 Å². The van der Waals surface area contributed by atoms with Crippen LogP contribution in [0.3, 0.4) is 0 Å². The lowest BCUT2D eigenvalue weighted by molar-refractivity contribution is -0.0244. The van der Waals surface area contributed by atoms with Crippen LogP contribution in [0.4, 0.5) is 0 Å². The number of hydrogen-bond donors (Lipinski definition) is 1. The van der Waals surface area contributed by atoms with E-state index in [2.05, 4.69) is 49.5 Å². The summed E-state index contributed by atoms with van der Waals surface area (Å²) in [6, 6.07) is 11.7. The van der Waals surface area contributed by atoms with Crippen molar-refractivity contribution in [2.75, 3.05) is 6.54 Å². The number of nitrogens with one attached hydrogen (secondary N) is 1. The van der Waals surface area contributed by atoms with Crippen molar-refractivity contribution in [3.63, 3.8) is 0 Å². The van der Waals surface area contributed by atoms with Crippen molar-refractivity contribution in [2.24, 2.45) is 5.92 Å². The van der Waals surface area contributed by atoms with E-state index in [1.807, 2.05) is 0 Å². The Morgan fingerprint density at radius 3 is 2.57 bits per heavy atom. The first kappa shape index (κ1) is 15.1. The molecular formula is C19H29NO. The molecular weight excluding hydrogens is 258 g/mol. The van der Waals surface area contributed by atoms with Crippen molar-refractivity contribution in [1.29, 1.82) is 0 Å². The van der Waals surface area contributed by atoms with Crippen LogP contribution in [0, 0.1) is 5.92 Å². The van der Waals surface area contributed by atoms with E-state index in [1.165, 1.54) is 44.1 Å². The summed E-state index contributed by atoms with van der Waals surface area (Å²) in [5, 5.41) is 3.72.